The Kier molecular flexibility index (Phi) is 5.40. The monoisotopic (exact) mass is 211 g/mol. The molecule has 1 unspecified atom stereocenters. The first kappa shape index (κ1) is 12.2. The van der Waals surface area contributed by atoms with Gasteiger partial charge in [-0.05, 0) is 32.3 Å². The third-order valence-corrected chi connectivity index (χ3v) is 2.56. The number of ether oxygens (including phenoxy) is 1. The number of likely N-dealkylation sites (tertiary alicyclic amines) is 1. The van der Waals surface area contributed by atoms with Crippen LogP contribution in [0.1, 0.15) is 33.1 Å². The minimum Gasteiger partial charge on any atom is -0.376 e. The van der Waals surface area contributed by atoms with Gasteiger partial charge in [0.2, 0.25) is 5.91 Å². The van der Waals surface area contributed by atoms with E-state index in [-0.39, 0.29) is 12.0 Å². The van der Waals surface area contributed by atoms with Gasteiger partial charge in [0.15, 0.2) is 0 Å². The fourth-order valence-electron chi connectivity index (χ4n) is 1.81. The zero-order chi connectivity index (χ0) is 11.1. The summed E-state index contributed by atoms with van der Waals surface area (Å²) in [5.74, 6) is 0.113. The lowest BCUT2D eigenvalue weighted by Crippen LogP contribution is -2.42. The molecule has 0 spiro atoms. The van der Waals surface area contributed by atoms with Gasteiger partial charge in [0.1, 0.15) is 0 Å². The van der Waals surface area contributed by atoms with Crippen LogP contribution in [0.15, 0.2) is 12.2 Å². The highest BCUT2D eigenvalue weighted by Crippen LogP contribution is 2.13. The van der Waals surface area contributed by atoms with E-state index in [1.807, 2.05) is 11.8 Å². The largest absolute Gasteiger partial charge is 0.376 e. The highest BCUT2D eigenvalue weighted by Gasteiger charge is 2.22. The van der Waals surface area contributed by atoms with Crippen molar-refractivity contribution in [3.63, 3.8) is 0 Å². The van der Waals surface area contributed by atoms with Crippen molar-refractivity contribution in [3.8, 4) is 0 Å². The topological polar surface area (TPSA) is 29.5 Å². The molecule has 3 heteroatoms. The number of hydrogen-bond acceptors (Lipinski definition) is 2. The molecular formula is C12H21NO2. The molecule has 0 aromatic heterocycles. The quantitative estimate of drug-likeness (QED) is 0.665. The van der Waals surface area contributed by atoms with E-state index in [1.165, 1.54) is 0 Å². The third-order valence-electron chi connectivity index (χ3n) is 2.56. The minimum atomic E-state index is 0.113. The van der Waals surface area contributed by atoms with E-state index in [0.717, 1.165) is 39.0 Å². The maximum atomic E-state index is 11.6. The first-order chi connectivity index (χ1) is 7.27. The Hall–Kier alpha value is -0.830. The number of rotatable bonds is 4. The number of carbonyl (C=O) groups excluding carboxylic acids is 1. The first-order valence-corrected chi connectivity index (χ1v) is 5.81. The Morgan fingerprint density at radius 3 is 3.07 bits per heavy atom. The summed E-state index contributed by atoms with van der Waals surface area (Å²) in [6.45, 7) is 6.40. The van der Waals surface area contributed by atoms with Gasteiger partial charge < -0.3 is 9.64 Å². The van der Waals surface area contributed by atoms with Crippen LogP contribution in [0.3, 0.4) is 0 Å². The summed E-state index contributed by atoms with van der Waals surface area (Å²) in [7, 11) is 0. The lowest BCUT2D eigenvalue weighted by Gasteiger charge is -2.32. The highest BCUT2D eigenvalue weighted by atomic mass is 16.5. The summed E-state index contributed by atoms with van der Waals surface area (Å²) in [6.07, 6.45) is 6.84. The maximum absolute atomic E-state index is 11.6. The molecule has 15 heavy (non-hydrogen) atoms. The Balaban J connectivity index is 2.38. The Morgan fingerprint density at radius 1 is 1.60 bits per heavy atom. The van der Waals surface area contributed by atoms with E-state index in [0.29, 0.717) is 0 Å². The number of amides is 1. The molecule has 0 N–H and O–H groups in total. The molecular weight excluding hydrogens is 190 g/mol. The molecule has 0 aromatic carbocycles. The lowest BCUT2D eigenvalue weighted by atomic mass is 10.1. The summed E-state index contributed by atoms with van der Waals surface area (Å²) in [5.41, 5.74) is 0. The van der Waals surface area contributed by atoms with Crippen LogP contribution in [0.4, 0.5) is 0 Å². The second-order valence-corrected chi connectivity index (χ2v) is 3.92. The van der Waals surface area contributed by atoms with Crippen molar-refractivity contribution in [1.82, 2.24) is 4.90 Å². The van der Waals surface area contributed by atoms with Crippen molar-refractivity contribution < 1.29 is 9.53 Å². The van der Waals surface area contributed by atoms with E-state index in [9.17, 15) is 4.79 Å². The summed E-state index contributed by atoms with van der Waals surface area (Å²) in [4.78, 5) is 13.5. The average Bonchev–Trinajstić information content (AvgIpc) is 2.27. The molecule has 86 valence electrons. The Bertz CT molecular complexity index is 226. The molecule has 1 rings (SSSR count). The van der Waals surface area contributed by atoms with Crippen LogP contribution in [0, 0.1) is 0 Å². The molecule has 1 aliphatic heterocycles. The van der Waals surface area contributed by atoms with E-state index >= 15 is 0 Å². The van der Waals surface area contributed by atoms with Crippen molar-refractivity contribution in [3.05, 3.63) is 12.2 Å². The van der Waals surface area contributed by atoms with Gasteiger partial charge in [-0.1, -0.05) is 13.0 Å². The van der Waals surface area contributed by atoms with Gasteiger partial charge >= 0.3 is 0 Å². The van der Waals surface area contributed by atoms with Crippen molar-refractivity contribution in [2.75, 3.05) is 19.7 Å². The molecule has 3 nitrogen and oxygen atoms in total. The number of nitrogens with zero attached hydrogens (tertiary/aromatic N) is 1. The van der Waals surface area contributed by atoms with Gasteiger partial charge in [-0.3, -0.25) is 4.79 Å². The van der Waals surface area contributed by atoms with Crippen LogP contribution in [-0.2, 0) is 9.53 Å². The van der Waals surface area contributed by atoms with Gasteiger partial charge in [0.25, 0.3) is 0 Å². The lowest BCUT2D eigenvalue weighted by molar-refractivity contribution is -0.130. The third kappa shape index (κ3) is 4.04. The fourth-order valence-corrected chi connectivity index (χ4v) is 1.81. The standard InChI is InChI=1S/C12H21NO2/c1-3-6-12(14)13-8-5-7-11(10-13)15-9-4-2/h3,6,11H,4-5,7-10H2,1-2H3. The maximum Gasteiger partial charge on any atom is 0.246 e. The fraction of sp³-hybridized carbons (Fsp3) is 0.750. The molecule has 1 heterocycles. The molecule has 1 atom stereocenters. The van der Waals surface area contributed by atoms with E-state index < -0.39 is 0 Å². The minimum absolute atomic E-state index is 0.113. The normalized spacial score (nSPS) is 22.3. The number of piperidine rings is 1. The SMILES string of the molecule is CC=CC(=O)N1CCCC(OCCC)C1. The van der Waals surface area contributed by atoms with Gasteiger partial charge in [-0.15, -0.1) is 0 Å². The zero-order valence-corrected chi connectivity index (χ0v) is 9.74. The molecule has 1 saturated heterocycles. The van der Waals surface area contributed by atoms with Crippen LogP contribution in [-0.4, -0.2) is 36.6 Å². The van der Waals surface area contributed by atoms with Crippen LogP contribution >= 0.6 is 0 Å². The predicted octanol–water partition coefficient (Wildman–Crippen LogP) is 1.98. The van der Waals surface area contributed by atoms with E-state index in [1.54, 1.807) is 12.2 Å². The Labute approximate surface area is 92.1 Å². The second-order valence-electron chi connectivity index (χ2n) is 3.92. The van der Waals surface area contributed by atoms with Gasteiger partial charge in [-0.2, -0.15) is 0 Å². The summed E-state index contributed by atoms with van der Waals surface area (Å²) < 4.78 is 5.67. The molecule has 0 saturated carbocycles. The van der Waals surface area contributed by atoms with Gasteiger partial charge in [0, 0.05) is 19.7 Å². The average molecular weight is 211 g/mol. The number of allylic oxidation sites excluding steroid dienone is 1. The van der Waals surface area contributed by atoms with Crippen molar-refractivity contribution in [2.24, 2.45) is 0 Å². The second kappa shape index (κ2) is 6.62. The molecule has 1 amide bonds. The molecule has 1 aliphatic rings. The van der Waals surface area contributed by atoms with E-state index in [2.05, 4.69) is 6.92 Å². The molecule has 0 radical (unpaired) electrons. The predicted molar refractivity (Wildman–Crippen MR) is 60.7 cm³/mol. The first-order valence-electron chi connectivity index (χ1n) is 5.81. The van der Waals surface area contributed by atoms with Gasteiger partial charge in [0.05, 0.1) is 6.10 Å². The van der Waals surface area contributed by atoms with Crippen molar-refractivity contribution in [1.29, 1.82) is 0 Å². The van der Waals surface area contributed by atoms with Crippen LogP contribution in [0.25, 0.3) is 0 Å². The van der Waals surface area contributed by atoms with Crippen molar-refractivity contribution in [2.45, 2.75) is 39.2 Å². The molecule has 0 aliphatic carbocycles. The van der Waals surface area contributed by atoms with Crippen LogP contribution in [0.5, 0.6) is 0 Å². The number of hydrogen-bond donors (Lipinski definition) is 0. The molecule has 0 bridgehead atoms. The summed E-state index contributed by atoms with van der Waals surface area (Å²) >= 11 is 0. The van der Waals surface area contributed by atoms with E-state index in [4.69, 9.17) is 4.74 Å². The summed E-state index contributed by atoms with van der Waals surface area (Å²) in [6, 6.07) is 0. The molecule has 1 fully saturated rings. The number of carbonyl (C=O) groups is 1. The Morgan fingerprint density at radius 2 is 2.40 bits per heavy atom. The summed E-state index contributed by atoms with van der Waals surface area (Å²) in [5, 5.41) is 0. The molecule has 0 aromatic rings. The van der Waals surface area contributed by atoms with Gasteiger partial charge in [-0.25, -0.2) is 0 Å². The smallest absolute Gasteiger partial charge is 0.246 e. The zero-order valence-electron chi connectivity index (χ0n) is 9.74. The highest BCUT2D eigenvalue weighted by molar-refractivity contribution is 5.87. The van der Waals surface area contributed by atoms with Crippen LogP contribution < -0.4 is 0 Å². The van der Waals surface area contributed by atoms with Crippen molar-refractivity contribution >= 4 is 5.91 Å². The van der Waals surface area contributed by atoms with Crippen LogP contribution in [0.2, 0.25) is 0 Å².